The van der Waals surface area contributed by atoms with Crippen LogP contribution in [0.15, 0.2) is 78.9 Å². The normalized spacial score (nSPS) is 12.6. The number of esters is 1. The summed E-state index contributed by atoms with van der Waals surface area (Å²) in [5.74, 6) is -2.35. The van der Waals surface area contributed by atoms with Gasteiger partial charge in [-0.2, -0.15) is 0 Å². The molecule has 0 aliphatic carbocycles. The van der Waals surface area contributed by atoms with E-state index in [4.69, 9.17) is 0 Å². The molecular weight excluding hydrogens is 620 g/mol. The smallest absolute Gasteiger partial charge is 0.308 e. The van der Waals surface area contributed by atoms with Crippen LogP contribution in [0.25, 0.3) is 28.3 Å². The predicted octanol–water partition coefficient (Wildman–Crippen LogP) is 6.32. The lowest BCUT2D eigenvalue weighted by Crippen LogP contribution is -2.22. The zero-order chi connectivity index (χ0) is 35.1. The summed E-state index contributed by atoms with van der Waals surface area (Å²) in [4.78, 5) is 40.0. The van der Waals surface area contributed by atoms with Gasteiger partial charge in [0.1, 0.15) is 17.3 Å². The highest BCUT2D eigenvalue weighted by molar-refractivity contribution is 6.12. The van der Waals surface area contributed by atoms with Gasteiger partial charge in [0.25, 0.3) is 11.8 Å². The Kier molecular flexibility index (Phi) is 11.6. The Bertz CT molecular complexity index is 1800. The molecule has 0 unspecified atom stereocenters. The molecule has 3 aromatic carbocycles. The lowest BCUT2D eigenvalue weighted by atomic mass is 9.94. The van der Waals surface area contributed by atoms with Crippen molar-refractivity contribution in [1.82, 2.24) is 9.47 Å². The van der Waals surface area contributed by atoms with E-state index < -0.39 is 35.7 Å². The zero-order valence-electron chi connectivity index (χ0n) is 27.4. The molecule has 2 atom stereocenters. The number of hydrogen-bond donors (Lipinski definition) is 3. The van der Waals surface area contributed by atoms with Gasteiger partial charge >= 0.3 is 5.97 Å². The molecule has 4 aromatic rings. The highest BCUT2D eigenvalue weighted by Gasteiger charge is 2.30. The van der Waals surface area contributed by atoms with Crippen molar-refractivity contribution in [3.05, 3.63) is 107 Å². The number of benzene rings is 3. The van der Waals surface area contributed by atoms with Gasteiger partial charge in [0, 0.05) is 54.6 Å². The van der Waals surface area contributed by atoms with E-state index in [9.17, 15) is 33.4 Å². The van der Waals surface area contributed by atoms with Gasteiger partial charge in [-0.25, -0.2) is 8.78 Å². The van der Waals surface area contributed by atoms with E-state index in [1.807, 2.05) is 13.8 Å². The molecule has 2 amide bonds. The maximum Gasteiger partial charge on any atom is 0.308 e. The molecule has 0 saturated heterocycles. The number of amides is 2. The molecule has 11 heteroatoms. The number of halogens is 2. The number of rotatable bonds is 12. The molecule has 9 nitrogen and oxygen atoms in total. The Balaban J connectivity index is 1.94. The van der Waals surface area contributed by atoms with Gasteiger partial charge in [0.2, 0.25) is 0 Å². The van der Waals surface area contributed by atoms with Crippen molar-refractivity contribution in [2.24, 2.45) is 0 Å². The van der Waals surface area contributed by atoms with Crippen molar-refractivity contribution in [2.75, 3.05) is 26.5 Å². The molecular formula is C37H39F2N3O6. The number of hydrogen-bond acceptors (Lipinski definition) is 6. The number of methoxy groups -OCH3 is 1. The molecule has 0 radical (unpaired) electrons. The first-order valence-electron chi connectivity index (χ1n) is 15.3. The SMILES string of the molecule is COC(=O)C[C@H](O)C[C@H](O)/C=C/c1c(-c2ccc(F)cc2)c(-c2ccc(F)cc2)c(C(=O)Nc2cccc(C(=O)N(C)C)c2)n1C(C)C. The largest absolute Gasteiger partial charge is 0.469 e. The van der Waals surface area contributed by atoms with Gasteiger partial charge in [-0.05, 0) is 73.5 Å². The van der Waals surface area contributed by atoms with E-state index in [0.717, 1.165) is 0 Å². The molecule has 1 aromatic heterocycles. The summed E-state index contributed by atoms with van der Waals surface area (Å²) in [6, 6.07) is 17.5. The quantitative estimate of drug-likeness (QED) is 0.153. The summed E-state index contributed by atoms with van der Waals surface area (Å²) >= 11 is 0. The van der Waals surface area contributed by atoms with Gasteiger partial charge in [-0.3, -0.25) is 14.4 Å². The molecule has 0 saturated carbocycles. The van der Waals surface area contributed by atoms with E-state index in [1.165, 1.54) is 42.4 Å². The van der Waals surface area contributed by atoms with Crippen molar-refractivity contribution < 1.29 is 38.1 Å². The third-order valence-electron chi connectivity index (χ3n) is 7.63. The van der Waals surface area contributed by atoms with E-state index in [-0.39, 0.29) is 30.5 Å². The van der Waals surface area contributed by atoms with Crippen LogP contribution in [0.5, 0.6) is 0 Å². The van der Waals surface area contributed by atoms with Crippen LogP contribution < -0.4 is 5.32 Å². The van der Waals surface area contributed by atoms with Crippen molar-refractivity contribution in [1.29, 1.82) is 0 Å². The Morgan fingerprint density at radius 1 is 0.917 bits per heavy atom. The maximum absolute atomic E-state index is 14.4. The maximum atomic E-state index is 14.4. The first kappa shape index (κ1) is 35.7. The van der Waals surface area contributed by atoms with Crippen LogP contribution in [0.3, 0.4) is 0 Å². The minimum absolute atomic E-state index is 0.167. The van der Waals surface area contributed by atoms with Crippen LogP contribution in [0.2, 0.25) is 0 Å². The summed E-state index contributed by atoms with van der Waals surface area (Å²) in [6.45, 7) is 3.73. The molecule has 0 aliphatic rings. The molecule has 0 fully saturated rings. The van der Waals surface area contributed by atoms with Crippen LogP contribution in [0.1, 0.15) is 59.3 Å². The van der Waals surface area contributed by atoms with Crippen molar-refractivity contribution in [3.63, 3.8) is 0 Å². The Labute approximate surface area is 278 Å². The standard InChI is InChI=1S/C37H39F2N3O6/c1-22(2)42-31(18-17-29(43)20-30(44)21-32(45)48-5)33(23-9-13-26(38)14-10-23)34(24-11-15-27(39)16-12-24)35(42)36(46)40-28-8-6-7-25(19-28)37(47)41(3)4/h6-19,22,29-30,43-44H,20-21H2,1-5H3,(H,40,46)/b18-17+/t29-,30-/m1/s1. The number of aromatic nitrogens is 1. The third-order valence-corrected chi connectivity index (χ3v) is 7.63. The van der Waals surface area contributed by atoms with Crippen LogP contribution in [0, 0.1) is 11.6 Å². The van der Waals surface area contributed by atoms with Gasteiger partial charge in [-0.15, -0.1) is 0 Å². The van der Waals surface area contributed by atoms with Crippen LogP contribution in [0.4, 0.5) is 14.5 Å². The second-order valence-electron chi connectivity index (χ2n) is 11.8. The molecule has 4 rings (SSSR count). The number of nitrogens with zero attached hydrogens (tertiary/aromatic N) is 2. The van der Waals surface area contributed by atoms with Gasteiger partial charge in [-0.1, -0.05) is 36.4 Å². The topological polar surface area (TPSA) is 121 Å². The summed E-state index contributed by atoms with van der Waals surface area (Å²) in [5.41, 5.74) is 3.38. The summed E-state index contributed by atoms with van der Waals surface area (Å²) in [6.07, 6.45) is 0.217. The highest BCUT2D eigenvalue weighted by atomic mass is 19.1. The van der Waals surface area contributed by atoms with Gasteiger partial charge in [0.05, 0.1) is 25.7 Å². The number of aliphatic hydroxyl groups excluding tert-OH is 2. The number of ether oxygens (including phenoxy) is 1. The van der Waals surface area contributed by atoms with E-state index >= 15 is 0 Å². The van der Waals surface area contributed by atoms with Crippen molar-refractivity contribution in [3.8, 4) is 22.3 Å². The number of anilines is 1. The second-order valence-corrected chi connectivity index (χ2v) is 11.8. The van der Waals surface area contributed by atoms with Crippen molar-refractivity contribution in [2.45, 2.75) is 44.9 Å². The molecule has 3 N–H and O–H groups in total. The van der Waals surface area contributed by atoms with E-state index in [0.29, 0.717) is 39.2 Å². The fourth-order valence-electron chi connectivity index (χ4n) is 5.43. The molecule has 0 spiro atoms. The van der Waals surface area contributed by atoms with Gasteiger partial charge < -0.3 is 29.7 Å². The summed E-state index contributed by atoms with van der Waals surface area (Å²) < 4.78 is 34.7. The number of nitrogens with one attached hydrogen (secondary N) is 1. The highest BCUT2D eigenvalue weighted by Crippen LogP contribution is 2.43. The number of carbonyl (C=O) groups excluding carboxylic acids is 3. The molecule has 0 bridgehead atoms. The molecule has 48 heavy (non-hydrogen) atoms. The summed E-state index contributed by atoms with van der Waals surface area (Å²) in [7, 11) is 4.46. The summed E-state index contributed by atoms with van der Waals surface area (Å²) in [5, 5.41) is 24.0. The first-order chi connectivity index (χ1) is 22.8. The lowest BCUT2D eigenvalue weighted by Gasteiger charge is -2.18. The number of carbonyl (C=O) groups is 3. The van der Waals surface area contributed by atoms with E-state index in [1.54, 1.807) is 73.3 Å². The van der Waals surface area contributed by atoms with Crippen LogP contribution >= 0.6 is 0 Å². The fraction of sp³-hybridized carbons (Fsp3) is 0.270. The zero-order valence-corrected chi connectivity index (χ0v) is 27.4. The average Bonchev–Trinajstić information content (AvgIpc) is 3.39. The Morgan fingerprint density at radius 2 is 1.50 bits per heavy atom. The molecule has 252 valence electrons. The Morgan fingerprint density at radius 3 is 2.04 bits per heavy atom. The predicted molar refractivity (Wildman–Crippen MR) is 180 cm³/mol. The van der Waals surface area contributed by atoms with Crippen LogP contribution in [-0.4, -0.2) is 70.9 Å². The minimum atomic E-state index is -1.19. The monoisotopic (exact) mass is 659 g/mol. The molecule has 1 heterocycles. The average molecular weight is 660 g/mol. The Hall–Kier alpha value is -5.13. The number of aliphatic hydroxyl groups is 2. The lowest BCUT2D eigenvalue weighted by molar-refractivity contribution is -0.143. The van der Waals surface area contributed by atoms with E-state index in [2.05, 4.69) is 10.1 Å². The molecule has 0 aliphatic heterocycles. The minimum Gasteiger partial charge on any atom is -0.469 e. The first-order valence-corrected chi connectivity index (χ1v) is 15.3. The van der Waals surface area contributed by atoms with Crippen molar-refractivity contribution >= 4 is 29.5 Å². The van der Waals surface area contributed by atoms with Crippen LogP contribution in [-0.2, 0) is 9.53 Å². The second kappa shape index (κ2) is 15.6. The third kappa shape index (κ3) is 8.41. The fourth-order valence-corrected chi connectivity index (χ4v) is 5.43. The van der Waals surface area contributed by atoms with Gasteiger partial charge in [0.15, 0.2) is 0 Å².